The first-order valence-corrected chi connectivity index (χ1v) is 18.3. The van der Waals surface area contributed by atoms with Gasteiger partial charge in [-0.25, -0.2) is 0 Å². The van der Waals surface area contributed by atoms with Gasteiger partial charge in [0.1, 0.15) is 11.2 Å². The number of para-hydroxylation sites is 1. The van der Waals surface area contributed by atoms with Gasteiger partial charge in [-0.05, 0) is 88.6 Å². The molecule has 0 amide bonds. The highest BCUT2D eigenvalue weighted by Crippen LogP contribution is 2.51. The molecule has 1 heterocycles. The summed E-state index contributed by atoms with van der Waals surface area (Å²) in [5.74, 6) is 0. The molecule has 0 aliphatic carbocycles. The lowest BCUT2D eigenvalue weighted by Crippen LogP contribution is -1.93. The molecular weight excluding hydrogens is 641 g/mol. The van der Waals surface area contributed by atoms with Crippen LogP contribution in [0.5, 0.6) is 0 Å². The largest absolute Gasteiger partial charge is 0.455 e. The van der Waals surface area contributed by atoms with Crippen LogP contribution in [0.4, 0.5) is 0 Å². The molecule has 0 N–H and O–H groups in total. The van der Waals surface area contributed by atoms with Gasteiger partial charge in [0.25, 0.3) is 0 Å². The molecule has 0 bridgehead atoms. The molecule has 10 aromatic carbocycles. The molecule has 0 aliphatic heterocycles. The fraction of sp³-hybridized carbons (Fsp3) is 0. The van der Waals surface area contributed by atoms with Crippen LogP contribution < -0.4 is 0 Å². The van der Waals surface area contributed by atoms with Gasteiger partial charge in [0.15, 0.2) is 0 Å². The second-order valence-corrected chi connectivity index (χ2v) is 13.9. The summed E-state index contributed by atoms with van der Waals surface area (Å²) in [6.07, 6.45) is 0. The van der Waals surface area contributed by atoms with E-state index < -0.39 is 0 Å². The lowest BCUT2D eigenvalue weighted by Gasteiger charge is -2.20. The van der Waals surface area contributed by atoms with Crippen LogP contribution in [0.1, 0.15) is 0 Å². The van der Waals surface area contributed by atoms with Crippen LogP contribution in [0.15, 0.2) is 199 Å². The number of hydrogen-bond acceptors (Lipinski definition) is 1. The van der Waals surface area contributed by atoms with E-state index in [-0.39, 0.29) is 0 Å². The topological polar surface area (TPSA) is 13.1 Å². The van der Waals surface area contributed by atoms with Crippen LogP contribution in [0, 0.1) is 0 Å². The van der Waals surface area contributed by atoms with Crippen molar-refractivity contribution in [2.45, 2.75) is 0 Å². The summed E-state index contributed by atoms with van der Waals surface area (Å²) in [7, 11) is 0. The van der Waals surface area contributed by atoms with E-state index in [0.29, 0.717) is 0 Å². The van der Waals surface area contributed by atoms with Crippen LogP contribution >= 0.6 is 0 Å². The molecule has 0 aliphatic rings. The second-order valence-electron chi connectivity index (χ2n) is 13.9. The summed E-state index contributed by atoms with van der Waals surface area (Å²) < 4.78 is 7.03. The summed E-state index contributed by atoms with van der Waals surface area (Å²) in [6.45, 7) is 0. The predicted octanol–water partition coefficient (Wildman–Crippen LogP) is 14.9. The third-order valence-electron chi connectivity index (χ3n) is 11.1. The van der Waals surface area contributed by atoms with Gasteiger partial charge in [-0.15, -0.1) is 0 Å². The zero-order chi connectivity index (χ0) is 34.9. The molecule has 53 heavy (non-hydrogen) atoms. The fourth-order valence-corrected chi connectivity index (χ4v) is 8.90. The molecule has 1 aromatic heterocycles. The van der Waals surface area contributed by atoms with Crippen LogP contribution in [0.25, 0.3) is 110 Å². The van der Waals surface area contributed by atoms with Gasteiger partial charge >= 0.3 is 0 Å². The zero-order valence-electron chi connectivity index (χ0n) is 28.9. The second kappa shape index (κ2) is 11.8. The van der Waals surface area contributed by atoms with E-state index in [9.17, 15) is 0 Å². The summed E-state index contributed by atoms with van der Waals surface area (Å²) in [5.41, 5.74) is 11.5. The molecule has 1 nitrogen and oxygen atoms in total. The molecule has 0 saturated heterocycles. The Balaban J connectivity index is 1.29. The van der Waals surface area contributed by atoms with Crippen molar-refractivity contribution in [2.75, 3.05) is 0 Å². The highest BCUT2D eigenvalue weighted by molar-refractivity contribution is 6.29. The van der Waals surface area contributed by atoms with Gasteiger partial charge in [-0.2, -0.15) is 0 Å². The maximum Gasteiger partial charge on any atom is 0.143 e. The van der Waals surface area contributed by atoms with E-state index in [1.807, 2.05) is 0 Å². The smallest absolute Gasteiger partial charge is 0.143 e. The third-order valence-corrected chi connectivity index (χ3v) is 11.1. The number of furan rings is 1. The predicted molar refractivity (Wildman–Crippen MR) is 225 cm³/mol. The lowest BCUT2D eigenvalue weighted by molar-refractivity contribution is 0.670. The van der Waals surface area contributed by atoms with Crippen molar-refractivity contribution < 1.29 is 4.42 Å². The monoisotopic (exact) mass is 672 g/mol. The molecule has 0 atom stereocenters. The Labute approximate surface area is 307 Å². The van der Waals surface area contributed by atoms with Crippen LogP contribution in [0.3, 0.4) is 0 Å². The Morgan fingerprint density at radius 2 is 0.566 bits per heavy atom. The van der Waals surface area contributed by atoms with E-state index in [4.69, 9.17) is 4.42 Å². The molecule has 11 rings (SSSR count). The molecule has 0 radical (unpaired) electrons. The summed E-state index contributed by atoms with van der Waals surface area (Å²) >= 11 is 0. The molecule has 1 heteroatoms. The Morgan fingerprint density at radius 3 is 1.00 bits per heavy atom. The number of hydrogen-bond donors (Lipinski definition) is 0. The third kappa shape index (κ3) is 4.44. The number of fused-ring (bicyclic) bond motifs is 7. The normalized spacial score (nSPS) is 11.8. The minimum absolute atomic E-state index is 0.889. The van der Waals surface area contributed by atoms with Crippen molar-refractivity contribution in [2.24, 2.45) is 0 Å². The molecule has 0 saturated carbocycles. The Kier molecular flexibility index (Phi) is 6.62. The lowest BCUT2D eigenvalue weighted by atomic mass is 9.83. The molecular formula is C52H32O. The Morgan fingerprint density at radius 1 is 0.245 bits per heavy atom. The molecule has 0 spiro atoms. The van der Waals surface area contributed by atoms with Gasteiger partial charge in [0.2, 0.25) is 0 Å². The van der Waals surface area contributed by atoms with E-state index in [2.05, 4.69) is 194 Å². The molecule has 0 unspecified atom stereocenters. The van der Waals surface area contributed by atoms with Gasteiger partial charge < -0.3 is 4.42 Å². The summed E-state index contributed by atoms with van der Waals surface area (Å²) in [4.78, 5) is 0. The maximum absolute atomic E-state index is 7.03. The van der Waals surface area contributed by atoms with Crippen LogP contribution in [0.2, 0.25) is 0 Å². The van der Waals surface area contributed by atoms with Gasteiger partial charge in [-0.1, -0.05) is 182 Å². The van der Waals surface area contributed by atoms with Crippen molar-refractivity contribution in [1.29, 1.82) is 0 Å². The van der Waals surface area contributed by atoms with Crippen molar-refractivity contribution >= 4 is 65.0 Å². The number of benzene rings is 10. The zero-order valence-corrected chi connectivity index (χ0v) is 28.9. The van der Waals surface area contributed by atoms with Crippen molar-refractivity contribution in [3.8, 4) is 44.5 Å². The van der Waals surface area contributed by atoms with E-state index in [1.54, 1.807) is 0 Å². The molecule has 11 aromatic rings. The Bertz CT molecular complexity index is 3090. The standard InChI is InChI=1S/C52H32O/c1-3-17-33(18-4-1)47-35-21-7-11-25-39(35)49(40-26-12-8-22-36(40)47)44-31-32-45(52-51(44)43-29-15-16-30-46(43)53-52)50-41-27-13-9-23-37(41)48(34-19-5-2-6-20-34)38-24-10-14-28-42(38)50/h1-32H. The Hall–Kier alpha value is -6.96. The first kappa shape index (κ1) is 29.7. The van der Waals surface area contributed by atoms with Gasteiger partial charge in [0.05, 0.1) is 0 Å². The average molecular weight is 673 g/mol. The highest BCUT2D eigenvalue weighted by Gasteiger charge is 2.24. The van der Waals surface area contributed by atoms with E-state index in [0.717, 1.165) is 27.5 Å². The van der Waals surface area contributed by atoms with E-state index >= 15 is 0 Å². The summed E-state index contributed by atoms with van der Waals surface area (Å²) in [5, 5.41) is 12.1. The van der Waals surface area contributed by atoms with Gasteiger partial charge in [-0.3, -0.25) is 0 Å². The van der Waals surface area contributed by atoms with E-state index in [1.165, 1.54) is 82.0 Å². The first-order chi connectivity index (χ1) is 26.3. The van der Waals surface area contributed by atoms with Gasteiger partial charge in [0, 0.05) is 21.9 Å². The maximum atomic E-state index is 7.03. The molecule has 0 fully saturated rings. The van der Waals surface area contributed by atoms with Crippen LogP contribution in [-0.2, 0) is 0 Å². The summed E-state index contributed by atoms with van der Waals surface area (Å²) in [6, 6.07) is 70.3. The first-order valence-electron chi connectivity index (χ1n) is 18.3. The average Bonchev–Trinajstić information content (AvgIpc) is 3.62. The van der Waals surface area contributed by atoms with Crippen LogP contribution in [-0.4, -0.2) is 0 Å². The van der Waals surface area contributed by atoms with Crippen molar-refractivity contribution in [3.05, 3.63) is 194 Å². The number of rotatable bonds is 4. The minimum Gasteiger partial charge on any atom is -0.455 e. The highest BCUT2D eigenvalue weighted by atomic mass is 16.3. The molecule has 246 valence electrons. The fourth-order valence-electron chi connectivity index (χ4n) is 8.90. The van der Waals surface area contributed by atoms with Crippen molar-refractivity contribution in [3.63, 3.8) is 0 Å². The van der Waals surface area contributed by atoms with Crippen molar-refractivity contribution in [1.82, 2.24) is 0 Å². The quantitative estimate of drug-likeness (QED) is 0.170. The SMILES string of the molecule is c1ccc(-c2c3ccccc3c(-c3ccc(-c4c5ccccc5c(-c5ccccc5)c5ccccc45)c4c3oc3ccccc34)c3ccccc23)cc1. The minimum atomic E-state index is 0.889.